The van der Waals surface area contributed by atoms with Crippen molar-refractivity contribution in [2.24, 2.45) is 0 Å². The second kappa shape index (κ2) is 3.45. The zero-order valence-electron chi connectivity index (χ0n) is 4.86. The maximum Gasteiger partial charge on any atom is -0.0101 e. The van der Waals surface area contributed by atoms with Crippen molar-refractivity contribution in [2.75, 3.05) is 0 Å². The number of allylic oxidation sites excluding steroid dienone is 3. The van der Waals surface area contributed by atoms with E-state index < -0.39 is 0 Å². The summed E-state index contributed by atoms with van der Waals surface area (Å²) in [7, 11) is 0. The van der Waals surface area contributed by atoms with Crippen molar-refractivity contribution >= 4 is 0 Å². The van der Waals surface area contributed by atoms with Gasteiger partial charge in [0.15, 0.2) is 0 Å². The second-order valence-corrected chi connectivity index (χ2v) is 1.36. The Kier molecular flexibility index (Phi) is 3.09. The van der Waals surface area contributed by atoms with Gasteiger partial charge in [0, 0.05) is 0 Å². The fraction of sp³-hybridized carbons (Fsp3) is 0.286. The van der Waals surface area contributed by atoms with Gasteiger partial charge in [-0.05, 0) is 19.4 Å². The van der Waals surface area contributed by atoms with Gasteiger partial charge >= 0.3 is 0 Å². The molecule has 0 bridgehead atoms. The van der Waals surface area contributed by atoms with Crippen molar-refractivity contribution in [3.8, 4) is 0 Å². The van der Waals surface area contributed by atoms with E-state index in [4.69, 9.17) is 0 Å². The molecule has 0 aromatic heterocycles. The molecular weight excluding hydrogens is 84.1 g/mol. The molecule has 0 saturated heterocycles. The third-order valence-electron chi connectivity index (χ3n) is 0.696. The highest BCUT2D eigenvalue weighted by atomic mass is 13.7. The summed E-state index contributed by atoms with van der Waals surface area (Å²) in [6.45, 7) is 7.40. The summed E-state index contributed by atoms with van der Waals surface area (Å²) in [5, 5.41) is 0. The molecule has 0 radical (unpaired) electrons. The smallest absolute Gasteiger partial charge is 0.0101 e. The summed E-state index contributed by atoms with van der Waals surface area (Å²) in [6.07, 6.45) is 3.93. The van der Waals surface area contributed by atoms with Crippen LogP contribution in [0.25, 0.3) is 0 Å². The van der Waals surface area contributed by atoms with Gasteiger partial charge in [-0.15, -0.1) is 5.73 Å². The van der Waals surface area contributed by atoms with Gasteiger partial charge in [0.25, 0.3) is 0 Å². The fourth-order valence-electron chi connectivity index (χ4n) is 0.309. The van der Waals surface area contributed by atoms with Crippen LogP contribution in [0.15, 0.2) is 30.0 Å². The fourth-order valence-corrected chi connectivity index (χ4v) is 0.309. The first-order valence-electron chi connectivity index (χ1n) is 2.30. The molecule has 0 aliphatic heterocycles. The number of hydrogen-bond acceptors (Lipinski definition) is 0. The minimum Gasteiger partial charge on any atom is -0.126 e. The molecule has 0 aromatic rings. The quantitative estimate of drug-likeness (QED) is 0.345. The van der Waals surface area contributed by atoms with Crippen LogP contribution < -0.4 is 0 Å². The van der Waals surface area contributed by atoms with E-state index in [0.29, 0.717) is 0 Å². The Labute approximate surface area is 44.9 Å². The van der Waals surface area contributed by atoms with E-state index in [2.05, 4.69) is 12.3 Å². The summed E-state index contributed by atoms with van der Waals surface area (Å²) in [4.78, 5) is 0. The molecule has 7 heavy (non-hydrogen) atoms. The molecule has 0 N–H and O–H groups in total. The average molecular weight is 94.2 g/mol. The first-order chi connectivity index (χ1) is 3.31. The Morgan fingerprint density at radius 2 is 2.29 bits per heavy atom. The van der Waals surface area contributed by atoms with Crippen LogP contribution in [0.3, 0.4) is 0 Å². The topological polar surface area (TPSA) is 0 Å². The van der Waals surface area contributed by atoms with Crippen LogP contribution >= 0.6 is 0 Å². The second-order valence-electron chi connectivity index (χ2n) is 1.36. The minimum absolute atomic E-state index is 1.09. The van der Waals surface area contributed by atoms with Gasteiger partial charge in [-0.1, -0.05) is 18.7 Å². The molecule has 0 rings (SSSR count). The summed E-state index contributed by atoms with van der Waals surface area (Å²) >= 11 is 0. The van der Waals surface area contributed by atoms with E-state index in [1.54, 1.807) is 0 Å². The van der Waals surface area contributed by atoms with Crippen LogP contribution in [0.5, 0.6) is 0 Å². The molecule has 0 heterocycles. The SMILES string of the molecule is C=C=C(C)C=CC. The van der Waals surface area contributed by atoms with Gasteiger partial charge in [-0.2, -0.15) is 0 Å². The van der Waals surface area contributed by atoms with Crippen LogP contribution in [0.4, 0.5) is 0 Å². The van der Waals surface area contributed by atoms with Crippen LogP contribution in [-0.2, 0) is 0 Å². The third kappa shape index (κ3) is 3.08. The maximum atomic E-state index is 3.47. The van der Waals surface area contributed by atoms with Crippen molar-refractivity contribution in [1.29, 1.82) is 0 Å². The molecule has 0 aliphatic carbocycles. The van der Waals surface area contributed by atoms with Crippen LogP contribution in [-0.4, -0.2) is 0 Å². The Bertz CT molecular complexity index is 112. The van der Waals surface area contributed by atoms with E-state index in [1.165, 1.54) is 0 Å². The molecule has 0 amide bonds. The van der Waals surface area contributed by atoms with Crippen molar-refractivity contribution < 1.29 is 0 Å². The molecule has 0 saturated carbocycles. The molecule has 0 spiro atoms. The van der Waals surface area contributed by atoms with E-state index in [-0.39, 0.29) is 0 Å². The lowest BCUT2D eigenvalue weighted by atomic mass is 10.3. The largest absolute Gasteiger partial charge is 0.126 e. The van der Waals surface area contributed by atoms with Gasteiger partial charge in [0.2, 0.25) is 0 Å². The first kappa shape index (κ1) is 6.26. The van der Waals surface area contributed by atoms with E-state index in [9.17, 15) is 0 Å². The van der Waals surface area contributed by atoms with E-state index in [0.717, 1.165) is 5.57 Å². The number of rotatable bonds is 1. The third-order valence-corrected chi connectivity index (χ3v) is 0.696. The molecule has 0 atom stereocenters. The van der Waals surface area contributed by atoms with Crippen LogP contribution in [0.1, 0.15) is 13.8 Å². The number of hydrogen-bond donors (Lipinski definition) is 0. The van der Waals surface area contributed by atoms with Gasteiger partial charge in [-0.3, -0.25) is 0 Å². The Morgan fingerprint density at radius 3 is 2.43 bits per heavy atom. The first-order valence-corrected chi connectivity index (χ1v) is 2.30. The lowest BCUT2D eigenvalue weighted by Gasteiger charge is -1.76. The molecule has 0 nitrogen and oxygen atoms in total. The van der Waals surface area contributed by atoms with Crippen molar-refractivity contribution in [3.05, 3.63) is 30.0 Å². The van der Waals surface area contributed by atoms with Crippen molar-refractivity contribution in [3.63, 3.8) is 0 Å². The normalized spacial score (nSPS) is 8.86. The zero-order chi connectivity index (χ0) is 5.70. The highest BCUT2D eigenvalue weighted by Gasteiger charge is 1.68. The van der Waals surface area contributed by atoms with Gasteiger partial charge in [0.1, 0.15) is 0 Å². The van der Waals surface area contributed by atoms with E-state index >= 15 is 0 Å². The summed E-state index contributed by atoms with van der Waals surface area (Å²) in [5.74, 6) is 0. The predicted molar refractivity (Wildman–Crippen MR) is 33.1 cm³/mol. The lowest BCUT2D eigenvalue weighted by Crippen LogP contribution is -1.56. The maximum absolute atomic E-state index is 3.47. The minimum atomic E-state index is 1.09. The van der Waals surface area contributed by atoms with Crippen LogP contribution in [0, 0.1) is 0 Å². The zero-order valence-corrected chi connectivity index (χ0v) is 4.86. The summed E-state index contributed by atoms with van der Waals surface area (Å²) in [6, 6.07) is 0. The Hall–Kier alpha value is -0.740. The van der Waals surface area contributed by atoms with Crippen molar-refractivity contribution in [2.45, 2.75) is 13.8 Å². The lowest BCUT2D eigenvalue weighted by molar-refractivity contribution is 1.53. The molecule has 38 valence electrons. The van der Waals surface area contributed by atoms with E-state index in [1.807, 2.05) is 26.0 Å². The van der Waals surface area contributed by atoms with Crippen molar-refractivity contribution in [1.82, 2.24) is 0 Å². The van der Waals surface area contributed by atoms with Gasteiger partial charge in [-0.25, -0.2) is 0 Å². The molecule has 0 aliphatic rings. The van der Waals surface area contributed by atoms with Crippen LogP contribution in [0.2, 0.25) is 0 Å². The standard InChI is InChI=1S/C7H10/c1-4-6-7(3)5-2/h4,6H,2H2,1,3H3. The van der Waals surface area contributed by atoms with Gasteiger partial charge < -0.3 is 0 Å². The monoisotopic (exact) mass is 94.1 g/mol. The Balaban J connectivity index is 3.83. The molecule has 0 heteroatoms. The Morgan fingerprint density at radius 1 is 1.71 bits per heavy atom. The highest BCUT2D eigenvalue weighted by molar-refractivity contribution is 5.12. The molecule has 0 aromatic carbocycles. The highest BCUT2D eigenvalue weighted by Crippen LogP contribution is 1.87. The summed E-state index contributed by atoms with van der Waals surface area (Å²) < 4.78 is 0. The predicted octanol–water partition coefficient (Wildman–Crippen LogP) is 2.29. The summed E-state index contributed by atoms with van der Waals surface area (Å²) in [5.41, 5.74) is 3.83. The van der Waals surface area contributed by atoms with Gasteiger partial charge in [0.05, 0.1) is 0 Å². The molecule has 0 fully saturated rings. The molecule has 0 unspecified atom stereocenters. The average Bonchev–Trinajstić information content (AvgIpc) is 1.68. The molecular formula is C7H10.